The molecule has 0 saturated carbocycles. The summed E-state index contributed by atoms with van der Waals surface area (Å²) in [7, 11) is 1.54. The average molecular weight is 311 g/mol. The van der Waals surface area contributed by atoms with Crippen LogP contribution in [-0.2, 0) is 9.47 Å². The number of carbonyl (C=O) groups is 2. The summed E-state index contributed by atoms with van der Waals surface area (Å²) in [5.74, 6) is -0.865. The van der Waals surface area contributed by atoms with Gasteiger partial charge in [0, 0.05) is 25.6 Å². The van der Waals surface area contributed by atoms with Crippen LogP contribution >= 0.6 is 11.3 Å². The minimum absolute atomic E-state index is 0.146. The van der Waals surface area contributed by atoms with Crippen LogP contribution in [0.2, 0.25) is 0 Å². The molecule has 1 aromatic rings. The van der Waals surface area contributed by atoms with Crippen LogP contribution in [0.3, 0.4) is 0 Å². The molecule has 0 atom stereocenters. The zero-order chi connectivity index (χ0) is 15.7. The first-order valence-electron chi connectivity index (χ1n) is 6.41. The zero-order valence-corrected chi connectivity index (χ0v) is 12.8. The molecule has 21 heavy (non-hydrogen) atoms. The van der Waals surface area contributed by atoms with Crippen LogP contribution in [0, 0.1) is 11.3 Å². The molecule has 0 aliphatic rings. The van der Waals surface area contributed by atoms with Gasteiger partial charge in [0.1, 0.15) is 5.69 Å². The Morgan fingerprint density at radius 1 is 1.48 bits per heavy atom. The second kappa shape index (κ2) is 9.05. The molecule has 7 nitrogen and oxygen atoms in total. The topological polar surface area (TPSA) is 92.5 Å². The van der Waals surface area contributed by atoms with E-state index in [1.807, 2.05) is 6.07 Å². The molecule has 0 N–H and O–H groups in total. The molecular formula is C13H17N3O4S. The molecule has 1 rings (SSSR count). The Labute approximate surface area is 127 Å². The van der Waals surface area contributed by atoms with Crippen molar-refractivity contribution in [2.75, 3.05) is 33.4 Å². The van der Waals surface area contributed by atoms with Crippen molar-refractivity contribution < 1.29 is 19.1 Å². The van der Waals surface area contributed by atoms with E-state index in [-0.39, 0.29) is 29.6 Å². The number of methoxy groups -OCH3 is 1. The number of nitriles is 1. The Balaban J connectivity index is 2.78. The third kappa shape index (κ3) is 5.13. The van der Waals surface area contributed by atoms with E-state index in [9.17, 15) is 9.59 Å². The Morgan fingerprint density at radius 3 is 2.86 bits per heavy atom. The van der Waals surface area contributed by atoms with Gasteiger partial charge < -0.3 is 14.4 Å². The van der Waals surface area contributed by atoms with Crippen molar-refractivity contribution in [1.82, 2.24) is 9.88 Å². The summed E-state index contributed by atoms with van der Waals surface area (Å²) in [6.45, 7) is 2.98. The van der Waals surface area contributed by atoms with Crippen LogP contribution in [0.25, 0.3) is 0 Å². The van der Waals surface area contributed by atoms with Crippen LogP contribution in [0.15, 0.2) is 5.38 Å². The number of thiazole rings is 1. The van der Waals surface area contributed by atoms with Crippen molar-refractivity contribution in [3.8, 4) is 6.07 Å². The van der Waals surface area contributed by atoms with Gasteiger partial charge in [-0.05, 0) is 6.92 Å². The zero-order valence-electron chi connectivity index (χ0n) is 12.0. The minimum Gasteiger partial charge on any atom is -0.461 e. The maximum absolute atomic E-state index is 12.3. The predicted molar refractivity (Wildman–Crippen MR) is 76.1 cm³/mol. The van der Waals surface area contributed by atoms with Gasteiger partial charge in [0.05, 0.1) is 25.7 Å². The van der Waals surface area contributed by atoms with Crippen molar-refractivity contribution >= 4 is 23.2 Å². The Hall–Kier alpha value is -1.98. The Morgan fingerprint density at radius 2 is 2.24 bits per heavy atom. The maximum Gasteiger partial charge on any atom is 0.367 e. The van der Waals surface area contributed by atoms with Gasteiger partial charge in [0.2, 0.25) is 5.01 Å². The highest BCUT2D eigenvalue weighted by Crippen LogP contribution is 2.13. The Bertz CT molecular complexity index is 524. The third-order valence-corrected chi connectivity index (χ3v) is 3.34. The van der Waals surface area contributed by atoms with Gasteiger partial charge in [-0.1, -0.05) is 0 Å². The number of carbonyl (C=O) groups excluding carboxylic acids is 2. The Kier molecular flexibility index (Phi) is 7.36. The normalized spacial score (nSPS) is 9.95. The molecule has 114 valence electrons. The number of nitrogens with zero attached hydrogens (tertiary/aromatic N) is 3. The fraction of sp³-hybridized carbons (Fsp3) is 0.538. The summed E-state index contributed by atoms with van der Waals surface area (Å²) in [5, 5.41) is 10.3. The lowest BCUT2D eigenvalue weighted by Gasteiger charge is -2.19. The lowest BCUT2D eigenvalue weighted by atomic mass is 10.3. The highest BCUT2D eigenvalue weighted by atomic mass is 32.1. The van der Waals surface area contributed by atoms with Crippen molar-refractivity contribution in [2.45, 2.75) is 13.3 Å². The van der Waals surface area contributed by atoms with Gasteiger partial charge in [-0.25, -0.2) is 9.78 Å². The second-order valence-electron chi connectivity index (χ2n) is 3.95. The van der Waals surface area contributed by atoms with Crippen LogP contribution in [0.5, 0.6) is 0 Å². The van der Waals surface area contributed by atoms with Gasteiger partial charge in [-0.2, -0.15) is 5.26 Å². The molecule has 1 amide bonds. The predicted octanol–water partition coefficient (Wildman–Crippen LogP) is 1.32. The van der Waals surface area contributed by atoms with Crippen molar-refractivity contribution in [3.05, 3.63) is 16.1 Å². The molecule has 1 heterocycles. The molecule has 0 fully saturated rings. The van der Waals surface area contributed by atoms with Crippen LogP contribution in [0.1, 0.15) is 33.6 Å². The summed E-state index contributed by atoms with van der Waals surface area (Å²) in [4.78, 5) is 29.3. The van der Waals surface area contributed by atoms with Gasteiger partial charge >= 0.3 is 5.97 Å². The minimum atomic E-state index is -0.540. The smallest absolute Gasteiger partial charge is 0.367 e. The fourth-order valence-electron chi connectivity index (χ4n) is 1.52. The van der Waals surface area contributed by atoms with E-state index in [2.05, 4.69) is 4.98 Å². The van der Waals surface area contributed by atoms with E-state index < -0.39 is 5.97 Å². The number of ether oxygens (including phenoxy) is 2. The van der Waals surface area contributed by atoms with E-state index in [0.717, 1.165) is 11.3 Å². The first-order chi connectivity index (χ1) is 10.1. The van der Waals surface area contributed by atoms with E-state index in [1.54, 1.807) is 6.92 Å². The standard InChI is InChI=1S/C13H17N3O4S/c1-3-20-13(18)11-15-10(9-21-11)12(17)16(6-4-5-14)7-8-19-2/h9H,3-4,6-8H2,1-2H3. The van der Waals surface area contributed by atoms with E-state index in [1.165, 1.54) is 17.4 Å². The fourth-order valence-corrected chi connectivity index (χ4v) is 2.20. The molecule has 0 radical (unpaired) electrons. The molecule has 0 unspecified atom stereocenters. The van der Waals surface area contributed by atoms with Gasteiger partial charge in [-0.15, -0.1) is 11.3 Å². The molecule has 0 aromatic carbocycles. The summed E-state index contributed by atoms with van der Waals surface area (Å²) in [6, 6.07) is 1.99. The molecule has 0 spiro atoms. The molecule has 0 aliphatic carbocycles. The summed E-state index contributed by atoms with van der Waals surface area (Å²) in [6.07, 6.45) is 0.227. The number of aromatic nitrogens is 1. The van der Waals surface area contributed by atoms with Gasteiger partial charge in [0.25, 0.3) is 5.91 Å². The SMILES string of the molecule is CCOC(=O)c1nc(C(=O)N(CCC#N)CCOC)cs1. The number of hydrogen-bond acceptors (Lipinski definition) is 7. The van der Waals surface area contributed by atoms with E-state index in [4.69, 9.17) is 14.7 Å². The first kappa shape index (κ1) is 17.1. The molecule has 0 saturated heterocycles. The summed E-state index contributed by atoms with van der Waals surface area (Å²) < 4.78 is 9.78. The number of rotatable bonds is 8. The third-order valence-electron chi connectivity index (χ3n) is 2.52. The lowest BCUT2D eigenvalue weighted by Crippen LogP contribution is -2.35. The second-order valence-corrected chi connectivity index (χ2v) is 4.81. The van der Waals surface area contributed by atoms with Gasteiger partial charge in [-0.3, -0.25) is 4.79 Å². The van der Waals surface area contributed by atoms with E-state index >= 15 is 0 Å². The summed E-state index contributed by atoms with van der Waals surface area (Å²) >= 11 is 1.06. The van der Waals surface area contributed by atoms with Crippen molar-refractivity contribution in [1.29, 1.82) is 5.26 Å². The first-order valence-corrected chi connectivity index (χ1v) is 7.29. The lowest BCUT2D eigenvalue weighted by molar-refractivity contribution is 0.0525. The highest BCUT2D eigenvalue weighted by Gasteiger charge is 2.20. The molecular weight excluding hydrogens is 294 g/mol. The quantitative estimate of drug-likeness (QED) is 0.672. The van der Waals surface area contributed by atoms with Gasteiger partial charge in [0.15, 0.2) is 0 Å². The van der Waals surface area contributed by atoms with E-state index in [0.29, 0.717) is 19.7 Å². The van der Waals surface area contributed by atoms with Crippen LogP contribution < -0.4 is 0 Å². The van der Waals surface area contributed by atoms with Crippen molar-refractivity contribution in [3.63, 3.8) is 0 Å². The molecule has 0 aliphatic heterocycles. The number of esters is 1. The number of amides is 1. The molecule has 8 heteroatoms. The summed E-state index contributed by atoms with van der Waals surface area (Å²) in [5.41, 5.74) is 0.178. The molecule has 1 aromatic heterocycles. The monoisotopic (exact) mass is 311 g/mol. The van der Waals surface area contributed by atoms with Crippen LogP contribution in [0.4, 0.5) is 0 Å². The molecule has 0 bridgehead atoms. The van der Waals surface area contributed by atoms with Crippen LogP contribution in [-0.4, -0.2) is 55.2 Å². The largest absolute Gasteiger partial charge is 0.461 e. The maximum atomic E-state index is 12.3. The highest BCUT2D eigenvalue weighted by molar-refractivity contribution is 7.11. The average Bonchev–Trinajstić information content (AvgIpc) is 2.97. The number of hydrogen-bond donors (Lipinski definition) is 0. The van der Waals surface area contributed by atoms with Crippen molar-refractivity contribution in [2.24, 2.45) is 0 Å².